The van der Waals surface area contributed by atoms with Gasteiger partial charge in [0, 0.05) is 23.2 Å². The van der Waals surface area contributed by atoms with Gasteiger partial charge in [-0.3, -0.25) is 14.5 Å². The second kappa shape index (κ2) is 11.4. The summed E-state index contributed by atoms with van der Waals surface area (Å²) in [6.07, 6.45) is 10.3. The van der Waals surface area contributed by atoms with Gasteiger partial charge in [0.2, 0.25) is 5.91 Å². The molecule has 0 bridgehead atoms. The molecule has 0 unspecified atom stereocenters. The number of benzene rings is 2. The maximum absolute atomic E-state index is 13.4. The van der Waals surface area contributed by atoms with Crippen LogP contribution in [-0.2, 0) is 22.6 Å². The van der Waals surface area contributed by atoms with Crippen LogP contribution in [0.2, 0.25) is 0 Å². The van der Waals surface area contributed by atoms with Gasteiger partial charge in [-0.15, -0.1) is 0 Å². The van der Waals surface area contributed by atoms with Gasteiger partial charge < -0.3 is 19.9 Å². The van der Waals surface area contributed by atoms with E-state index in [1.54, 1.807) is 0 Å². The highest BCUT2D eigenvalue weighted by Gasteiger charge is 2.32. The molecule has 2 amide bonds. The van der Waals surface area contributed by atoms with Crippen molar-refractivity contribution in [1.29, 1.82) is 0 Å². The fourth-order valence-corrected chi connectivity index (χ4v) is 5.75. The molecule has 1 saturated carbocycles. The molecule has 1 aliphatic carbocycles. The Labute approximate surface area is 228 Å². The molecule has 3 aromatic rings. The molecule has 0 radical (unpaired) electrons. The minimum atomic E-state index is -0.221. The summed E-state index contributed by atoms with van der Waals surface area (Å²) in [6.45, 7) is 4.86. The number of ether oxygens (including phenoxy) is 1. The summed E-state index contributed by atoms with van der Waals surface area (Å²) in [5.41, 5.74) is 4.13. The van der Waals surface area contributed by atoms with Crippen molar-refractivity contribution in [2.75, 3.05) is 11.5 Å². The number of thiocarbonyl (C=S) groups is 1. The van der Waals surface area contributed by atoms with E-state index in [4.69, 9.17) is 17.0 Å². The highest BCUT2D eigenvalue weighted by atomic mass is 32.1. The molecule has 2 aliphatic rings. The summed E-state index contributed by atoms with van der Waals surface area (Å²) < 4.78 is 7.53. The van der Waals surface area contributed by atoms with Crippen molar-refractivity contribution < 1.29 is 14.3 Å². The Bertz CT molecular complexity index is 1390. The van der Waals surface area contributed by atoms with E-state index in [0.717, 1.165) is 47.0 Å². The number of para-hydroxylation sites is 1. The van der Waals surface area contributed by atoms with Crippen molar-refractivity contribution in [3.8, 4) is 5.75 Å². The molecular formula is C30H34N4O3S. The Balaban J connectivity index is 1.43. The summed E-state index contributed by atoms with van der Waals surface area (Å²) in [7, 11) is 0. The summed E-state index contributed by atoms with van der Waals surface area (Å²) in [4.78, 5) is 27.9. The summed E-state index contributed by atoms with van der Waals surface area (Å²) >= 11 is 5.52. The van der Waals surface area contributed by atoms with Crippen LogP contribution >= 0.6 is 12.2 Å². The second-order valence-electron chi connectivity index (χ2n) is 9.84. The second-order valence-corrected chi connectivity index (χ2v) is 10.2. The van der Waals surface area contributed by atoms with E-state index in [0.29, 0.717) is 23.1 Å². The Morgan fingerprint density at radius 2 is 1.89 bits per heavy atom. The smallest absolute Gasteiger partial charge is 0.281 e. The van der Waals surface area contributed by atoms with Gasteiger partial charge in [0.05, 0.1) is 17.8 Å². The first kappa shape index (κ1) is 26.0. The first-order valence-corrected chi connectivity index (χ1v) is 13.9. The minimum absolute atomic E-state index is 0.0248. The Kier molecular flexibility index (Phi) is 7.79. The number of anilines is 1. The lowest BCUT2D eigenvalue weighted by Crippen LogP contribution is -2.38. The number of nitrogens with one attached hydrogen (secondary N) is 2. The van der Waals surface area contributed by atoms with Crippen molar-refractivity contribution in [1.82, 2.24) is 15.2 Å². The molecule has 7 nitrogen and oxygen atoms in total. The van der Waals surface area contributed by atoms with Crippen molar-refractivity contribution in [2.24, 2.45) is 0 Å². The van der Waals surface area contributed by atoms with Crippen LogP contribution in [0.25, 0.3) is 17.0 Å². The largest absolute Gasteiger partial charge is 0.494 e. The Morgan fingerprint density at radius 1 is 1.13 bits per heavy atom. The Hall–Kier alpha value is -3.65. The molecule has 38 heavy (non-hydrogen) atoms. The molecule has 0 spiro atoms. The normalized spacial score (nSPS) is 17.3. The van der Waals surface area contributed by atoms with Gasteiger partial charge in [-0.2, -0.15) is 0 Å². The van der Waals surface area contributed by atoms with Gasteiger partial charge in [-0.1, -0.05) is 44.4 Å². The molecule has 198 valence electrons. The van der Waals surface area contributed by atoms with Gasteiger partial charge in [-0.25, -0.2) is 0 Å². The zero-order valence-electron chi connectivity index (χ0n) is 22.0. The van der Waals surface area contributed by atoms with Gasteiger partial charge in [0.25, 0.3) is 5.91 Å². The van der Waals surface area contributed by atoms with Crippen LogP contribution in [0.4, 0.5) is 5.69 Å². The fraction of sp³-hybridized carbons (Fsp3) is 0.367. The number of carbonyl (C=O) groups is 2. The summed E-state index contributed by atoms with van der Waals surface area (Å²) in [6, 6.07) is 13.7. The molecule has 2 heterocycles. The highest BCUT2D eigenvalue weighted by molar-refractivity contribution is 7.80. The van der Waals surface area contributed by atoms with Crippen LogP contribution in [0, 0.1) is 0 Å². The third kappa shape index (κ3) is 5.31. The molecule has 2 N–H and O–H groups in total. The quantitative estimate of drug-likeness (QED) is 0.305. The average molecular weight is 531 g/mol. The number of hydrogen-bond acceptors (Lipinski definition) is 4. The lowest BCUT2D eigenvalue weighted by atomic mass is 9.95. The van der Waals surface area contributed by atoms with Crippen LogP contribution < -0.4 is 20.3 Å². The predicted octanol–water partition coefficient (Wildman–Crippen LogP) is 5.31. The van der Waals surface area contributed by atoms with Crippen molar-refractivity contribution in [2.45, 2.75) is 65.0 Å². The van der Waals surface area contributed by atoms with Crippen LogP contribution in [0.1, 0.15) is 57.1 Å². The topological polar surface area (TPSA) is 75.6 Å². The highest BCUT2D eigenvalue weighted by Crippen LogP contribution is 2.30. The third-order valence-corrected chi connectivity index (χ3v) is 7.55. The van der Waals surface area contributed by atoms with E-state index in [2.05, 4.69) is 23.6 Å². The number of nitrogens with zero attached hydrogens (tertiary/aromatic N) is 2. The number of hydrogen-bond donors (Lipinski definition) is 2. The van der Waals surface area contributed by atoms with Crippen molar-refractivity contribution >= 4 is 51.8 Å². The van der Waals surface area contributed by atoms with E-state index in [1.165, 1.54) is 24.2 Å². The number of aryl methyl sites for hydroxylation is 1. The van der Waals surface area contributed by atoms with E-state index in [9.17, 15) is 9.59 Å². The Morgan fingerprint density at radius 3 is 2.61 bits per heavy atom. The average Bonchev–Trinajstić information content (AvgIpc) is 3.41. The molecule has 2 aromatic carbocycles. The maximum atomic E-state index is 13.4. The molecule has 5 rings (SSSR count). The van der Waals surface area contributed by atoms with E-state index >= 15 is 0 Å². The predicted molar refractivity (Wildman–Crippen MR) is 155 cm³/mol. The van der Waals surface area contributed by atoms with Crippen molar-refractivity contribution in [3.63, 3.8) is 0 Å². The van der Waals surface area contributed by atoms with E-state index < -0.39 is 0 Å². The first-order chi connectivity index (χ1) is 18.5. The van der Waals surface area contributed by atoms with Gasteiger partial charge in [0.1, 0.15) is 18.0 Å². The third-order valence-electron chi connectivity index (χ3n) is 7.26. The van der Waals surface area contributed by atoms with Crippen LogP contribution in [0.15, 0.2) is 54.4 Å². The van der Waals surface area contributed by atoms with E-state index in [-0.39, 0.29) is 24.4 Å². The number of fused-ring (bicyclic) bond motifs is 1. The van der Waals surface area contributed by atoms with Crippen LogP contribution in [-0.4, -0.2) is 34.1 Å². The lowest BCUT2D eigenvalue weighted by molar-refractivity contribution is -0.122. The minimum Gasteiger partial charge on any atom is -0.494 e. The molecule has 1 aliphatic heterocycles. The van der Waals surface area contributed by atoms with Crippen LogP contribution in [0.5, 0.6) is 5.75 Å². The first-order valence-electron chi connectivity index (χ1n) is 13.5. The number of rotatable bonds is 8. The van der Waals surface area contributed by atoms with Gasteiger partial charge in [0.15, 0.2) is 5.11 Å². The van der Waals surface area contributed by atoms with Crippen molar-refractivity contribution in [3.05, 3.63) is 65.5 Å². The number of carbonyl (C=O) groups excluding carboxylic acids is 2. The van der Waals surface area contributed by atoms with Gasteiger partial charge >= 0.3 is 0 Å². The monoisotopic (exact) mass is 530 g/mol. The number of amides is 2. The maximum Gasteiger partial charge on any atom is 0.281 e. The fourth-order valence-electron chi connectivity index (χ4n) is 5.45. The molecule has 2 fully saturated rings. The number of aromatic nitrogens is 1. The molecule has 8 heteroatoms. The van der Waals surface area contributed by atoms with Gasteiger partial charge in [-0.05, 0) is 74.3 Å². The molecule has 1 saturated heterocycles. The van der Waals surface area contributed by atoms with E-state index in [1.807, 2.05) is 60.2 Å². The summed E-state index contributed by atoms with van der Waals surface area (Å²) in [5, 5.41) is 7.64. The molecule has 0 atom stereocenters. The standard InChI is InChI=1S/C30H34N4O3S/c1-3-20-9-8-12-25-21(18-33(28(20)25)19-27(35)31-22-10-6-5-7-11-22)17-26-29(36)34(30(38)32-26)23-13-15-24(16-14-23)37-4-2/h8-9,12-18,22H,3-7,10-11,19H2,1-2H3,(H,31,35)(H,32,38)/b26-17-. The zero-order valence-corrected chi connectivity index (χ0v) is 22.8. The van der Waals surface area contributed by atoms with Crippen LogP contribution in [0.3, 0.4) is 0 Å². The lowest BCUT2D eigenvalue weighted by Gasteiger charge is -2.23. The zero-order chi connectivity index (χ0) is 26.6. The molecule has 1 aromatic heterocycles. The summed E-state index contributed by atoms with van der Waals surface area (Å²) in [5.74, 6) is 0.545. The SMILES string of the molecule is CCOc1ccc(N2C(=O)/C(=C/c3cn(CC(=O)NC4CCCCC4)c4c(CC)cccc34)NC2=S)cc1. The molecular weight excluding hydrogens is 496 g/mol.